The molecule has 0 amide bonds. The number of hydrogen-bond acceptors (Lipinski definition) is 2. The van der Waals surface area contributed by atoms with Gasteiger partial charge in [-0.15, -0.1) is 0 Å². The first-order valence-corrected chi connectivity index (χ1v) is 4.22. The van der Waals surface area contributed by atoms with E-state index >= 15 is 0 Å². The first-order valence-electron chi connectivity index (χ1n) is 4.22. The van der Waals surface area contributed by atoms with Crippen molar-refractivity contribution >= 4 is 5.97 Å². The highest BCUT2D eigenvalue weighted by atomic mass is 16.5. The lowest BCUT2D eigenvalue weighted by Gasteiger charge is -1.93. The van der Waals surface area contributed by atoms with Crippen LogP contribution in [0.3, 0.4) is 0 Å². The summed E-state index contributed by atoms with van der Waals surface area (Å²) in [6.45, 7) is 4.25. The fourth-order valence-corrected chi connectivity index (χ4v) is 1.03. The van der Waals surface area contributed by atoms with Gasteiger partial charge in [0.2, 0.25) is 0 Å². The van der Waals surface area contributed by atoms with Crippen molar-refractivity contribution in [1.82, 2.24) is 0 Å². The fourth-order valence-electron chi connectivity index (χ4n) is 1.03. The Kier molecular flexibility index (Phi) is 3.09. The molecule has 0 fully saturated rings. The summed E-state index contributed by atoms with van der Waals surface area (Å²) in [6.07, 6.45) is 7.07. The van der Waals surface area contributed by atoms with Gasteiger partial charge in [-0.1, -0.05) is 26.0 Å². The first-order chi connectivity index (χ1) is 5.68. The molecule has 1 aliphatic rings. The zero-order valence-corrected chi connectivity index (χ0v) is 7.54. The van der Waals surface area contributed by atoms with Crippen LogP contribution in [0.25, 0.3) is 0 Å². The number of hydrogen-bond donors (Lipinski definition) is 0. The summed E-state index contributed by atoms with van der Waals surface area (Å²) in [6, 6.07) is 0. The van der Waals surface area contributed by atoms with Crippen LogP contribution in [0.15, 0.2) is 24.0 Å². The molecule has 0 atom stereocenters. The Hall–Kier alpha value is -1.05. The van der Waals surface area contributed by atoms with E-state index in [9.17, 15) is 4.79 Å². The molecule has 0 radical (unpaired) electrons. The maximum absolute atomic E-state index is 10.7. The zero-order chi connectivity index (χ0) is 8.97. The van der Waals surface area contributed by atoms with Gasteiger partial charge in [0, 0.05) is 0 Å². The second-order valence-electron chi connectivity index (χ2n) is 3.32. The number of cyclic esters (lactones) is 1. The van der Waals surface area contributed by atoms with Crippen LogP contribution >= 0.6 is 0 Å². The Morgan fingerprint density at radius 3 is 2.92 bits per heavy atom. The molecule has 0 aliphatic carbocycles. The molecule has 12 heavy (non-hydrogen) atoms. The Balaban J connectivity index is 2.29. The van der Waals surface area contributed by atoms with Gasteiger partial charge < -0.3 is 4.74 Å². The van der Waals surface area contributed by atoms with Gasteiger partial charge in [-0.2, -0.15) is 0 Å². The average molecular weight is 166 g/mol. The quantitative estimate of drug-likeness (QED) is 0.475. The van der Waals surface area contributed by atoms with Gasteiger partial charge in [0.05, 0.1) is 12.7 Å². The Morgan fingerprint density at radius 1 is 1.67 bits per heavy atom. The fraction of sp³-hybridized carbons (Fsp3) is 0.500. The minimum Gasteiger partial charge on any atom is -0.434 e. The average Bonchev–Trinajstić information content (AvgIpc) is 2.35. The molecule has 1 heterocycles. The second-order valence-corrected chi connectivity index (χ2v) is 3.32. The first kappa shape index (κ1) is 9.04. The molecule has 2 nitrogen and oxygen atoms in total. The standard InChI is InChI=1S/C10H14O2/c1-8(2)4-3-5-9-6-10(11)12-7-9/h3-4,7-8H,5-6H2,1-2H3/b4-3-. The summed E-state index contributed by atoms with van der Waals surface area (Å²) < 4.78 is 4.69. The molecule has 66 valence electrons. The van der Waals surface area contributed by atoms with Gasteiger partial charge in [-0.3, -0.25) is 4.79 Å². The van der Waals surface area contributed by atoms with Gasteiger partial charge in [0.1, 0.15) is 0 Å². The normalized spacial score (nSPS) is 17.2. The molecule has 0 N–H and O–H groups in total. The molecular weight excluding hydrogens is 152 g/mol. The molecule has 0 aromatic carbocycles. The highest BCUT2D eigenvalue weighted by Gasteiger charge is 2.12. The van der Waals surface area contributed by atoms with Crippen LogP contribution in [0.4, 0.5) is 0 Å². The number of ether oxygens (including phenoxy) is 1. The van der Waals surface area contributed by atoms with Gasteiger partial charge in [-0.25, -0.2) is 0 Å². The summed E-state index contributed by atoms with van der Waals surface area (Å²) >= 11 is 0. The van der Waals surface area contributed by atoms with Crippen LogP contribution in [0.1, 0.15) is 26.7 Å². The highest BCUT2D eigenvalue weighted by molar-refractivity contribution is 5.75. The van der Waals surface area contributed by atoms with Gasteiger partial charge >= 0.3 is 5.97 Å². The SMILES string of the molecule is CC(C)/C=C\CC1=COC(=O)C1. The van der Waals surface area contributed by atoms with Crippen LogP contribution < -0.4 is 0 Å². The van der Waals surface area contributed by atoms with Gasteiger partial charge in [0.25, 0.3) is 0 Å². The van der Waals surface area contributed by atoms with Crippen LogP contribution in [-0.2, 0) is 9.53 Å². The number of rotatable bonds is 3. The predicted octanol–water partition coefficient (Wildman–Crippen LogP) is 2.42. The summed E-state index contributed by atoms with van der Waals surface area (Å²) in [7, 11) is 0. The van der Waals surface area contributed by atoms with Crippen molar-refractivity contribution in [2.24, 2.45) is 5.92 Å². The van der Waals surface area contributed by atoms with E-state index in [1.165, 1.54) is 0 Å². The lowest BCUT2D eigenvalue weighted by atomic mass is 10.1. The molecule has 2 heteroatoms. The third-order valence-electron chi connectivity index (χ3n) is 1.63. The summed E-state index contributed by atoms with van der Waals surface area (Å²) in [5.41, 5.74) is 1.07. The van der Waals surface area contributed by atoms with E-state index in [1.807, 2.05) is 0 Å². The topological polar surface area (TPSA) is 26.3 Å². The molecule has 0 spiro atoms. The van der Waals surface area contributed by atoms with Crippen LogP contribution in [-0.4, -0.2) is 5.97 Å². The van der Waals surface area contributed by atoms with E-state index < -0.39 is 0 Å². The van der Waals surface area contributed by atoms with Crippen LogP contribution in [0, 0.1) is 5.92 Å². The number of allylic oxidation sites excluding steroid dienone is 2. The zero-order valence-electron chi connectivity index (χ0n) is 7.54. The molecule has 0 saturated carbocycles. The highest BCUT2D eigenvalue weighted by Crippen LogP contribution is 2.16. The number of carbonyl (C=O) groups excluding carboxylic acids is 1. The Labute approximate surface area is 72.9 Å². The molecule has 0 aromatic rings. The van der Waals surface area contributed by atoms with Crippen LogP contribution in [0.5, 0.6) is 0 Å². The third kappa shape index (κ3) is 2.91. The van der Waals surface area contributed by atoms with Gasteiger partial charge in [0.15, 0.2) is 0 Å². The van der Waals surface area contributed by atoms with Crippen molar-refractivity contribution in [3.63, 3.8) is 0 Å². The van der Waals surface area contributed by atoms with Crippen molar-refractivity contribution in [2.45, 2.75) is 26.7 Å². The second kappa shape index (κ2) is 4.10. The van der Waals surface area contributed by atoms with E-state index in [-0.39, 0.29) is 5.97 Å². The smallest absolute Gasteiger partial charge is 0.314 e. The van der Waals surface area contributed by atoms with Crippen molar-refractivity contribution in [1.29, 1.82) is 0 Å². The van der Waals surface area contributed by atoms with Gasteiger partial charge in [-0.05, 0) is 17.9 Å². The summed E-state index contributed by atoms with van der Waals surface area (Å²) in [5.74, 6) is 0.437. The van der Waals surface area contributed by atoms with Crippen molar-refractivity contribution in [2.75, 3.05) is 0 Å². The minimum atomic E-state index is -0.136. The Morgan fingerprint density at radius 2 is 2.42 bits per heavy atom. The maximum atomic E-state index is 10.7. The van der Waals surface area contributed by atoms with Crippen molar-refractivity contribution in [3.05, 3.63) is 24.0 Å². The molecule has 1 rings (SSSR count). The number of carbonyl (C=O) groups is 1. The van der Waals surface area contributed by atoms with Crippen molar-refractivity contribution < 1.29 is 9.53 Å². The molecule has 0 aromatic heterocycles. The van der Waals surface area contributed by atoms with E-state index in [0.717, 1.165) is 12.0 Å². The number of esters is 1. The lowest BCUT2D eigenvalue weighted by molar-refractivity contribution is -0.135. The third-order valence-corrected chi connectivity index (χ3v) is 1.63. The molecule has 0 saturated heterocycles. The minimum absolute atomic E-state index is 0.136. The van der Waals surface area contributed by atoms with E-state index in [1.54, 1.807) is 6.26 Å². The summed E-state index contributed by atoms with van der Waals surface area (Å²) in [5, 5.41) is 0. The predicted molar refractivity (Wildman–Crippen MR) is 47.4 cm³/mol. The van der Waals surface area contributed by atoms with E-state index in [0.29, 0.717) is 12.3 Å². The summed E-state index contributed by atoms with van der Waals surface area (Å²) in [4.78, 5) is 10.7. The Bertz CT molecular complexity index is 224. The van der Waals surface area contributed by atoms with E-state index in [4.69, 9.17) is 0 Å². The van der Waals surface area contributed by atoms with E-state index in [2.05, 4.69) is 30.7 Å². The van der Waals surface area contributed by atoms with Crippen LogP contribution in [0.2, 0.25) is 0 Å². The molecular formula is C10H14O2. The molecule has 1 aliphatic heterocycles. The largest absolute Gasteiger partial charge is 0.434 e. The van der Waals surface area contributed by atoms with Crippen molar-refractivity contribution in [3.8, 4) is 0 Å². The lowest BCUT2D eigenvalue weighted by Crippen LogP contribution is -1.90. The monoisotopic (exact) mass is 166 g/mol. The molecule has 0 unspecified atom stereocenters. The maximum Gasteiger partial charge on any atom is 0.314 e. The molecule has 0 bridgehead atoms.